The fourth-order valence-electron chi connectivity index (χ4n) is 2.35. The maximum atomic E-state index is 4.82. The van der Waals surface area contributed by atoms with Crippen molar-refractivity contribution in [3.63, 3.8) is 0 Å². The summed E-state index contributed by atoms with van der Waals surface area (Å²) in [6.45, 7) is 7.75. The molecule has 108 valence electrons. The second-order valence-corrected chi connectivity index (χ2v) is 7.49. The Morgan fingerprint density at radius 1 is 0.952 bits per heavy atom. The van der Waals surface area contributed by atoms with Crippen molar-refractivity contribution in [1.82, 2.24) is 9.55 Å². The lowest BCUT2D eigenvalue weighted by Crippen LogP contribution is -2.16. The van der Waals surface area contributed by atoms with Gasteiger partial charge < -0.3 is 4.57 Å². The van der Waals surface area contributed by atoms with Crippen molar-refractivity contribution in [2.24, 2.45) is 5.41 Å². The van der Waals surface area contributed by atoms with E-state index in [1.807, 2.05) is 12.1 Å². The molecule has 0 atom stereocenters. The average molecular weight is 296 g/mol. The van der Waals surface area contributed by atoms with Crippen molar-refractivity contribution in [3.05, 3.63) is 54.6 Å². The summed E-state index contributed by atoms with van der Waals surface area (Å²) in [7, 11) is 0. The van der Waals surface area contributed by atoms with Gasteiger partial charge in [-0.05, 0) is 29.7 Å². The van der Waals surface area contributed by atoms with Gasteiger partial charge in [-0.3, -0.25) is 0 Å². The fourth-order valence-corrected chi connectivity index (χ4v) is 3.27. The summed E-state index contributed by atoms with van der Waals surface area (Å²) < 4.78 is 2.34. The van der Waals surface area contributed by atoms with Gasteiger partial charge in [-0.2, -0.15) is 0 Å². The molecule has 0 saturated heterocycles. The highest BCUT2D eigenvalue weighted by Gasteiger charge is 2.18. The second kappa shape index (κ2) is 5.57. The van der Waals surface area contributed by atoms with Crippen LogP contribution in [0.15, 0.2) is 64.6 Å². The molecule has 1 aromatic heterocycles. The highest BCUT2D eigenvalue weighted by atomic mass is 32.2. The molecule has 0 spiro atoms. The van der Waals surface area contributed by atoms with Gasteiger partial charge in [0.1, 0.15) is 0 Å². The predicted octanol–water partition coefficient (Wildman–Crippen LogP) is 5.23. The predicted molar refractivity (Wildman–Crippen MR) is 89.8 cm³/mol. The number of hydrogen-bond acceptors (Lipinski definition) is 2. The highest BCUT2D eigenvalue weighted by molar-refractivity contribution is 7.99. The van der Waals surface area contributed by atoms with Gasteiger partial charge in [0.05, 0.1) is 11.0 Å². The zero-order chi connectivity index (χ0) is 14.9. The number of aromatic nitrogens is 2. The van der Waals surface area contributed by atoms with Gasteiger partial charge in [0, 0.05) is 11.4 Å². The topological polar surface area (TPSA) is 17.8 Å². The SMILES string of the molecule is CC(C)(C)Cn1c(Sc2ccccc2)nc2ccccc21. The molecule has 0 aliphatic carbocycles. The van der Waals surface area contributed by atoms with Crippen LogP contribution in [0.1, 0.15) is 20.8 Å². The lowest BCUT2D eigenvalue weighted by molar-refractivity contribution is 0.336. The van der Waals surface area contributed by atoms with Gasteiger partial charge >= 0.3 is 0 Å². The number of rotatable bonds is 3. The third-order valence-electron chi connectivity index (χ3n) is 3.20. The quantitative estimate of drug-likeness (QED) is 0.658. The minimum Gasteiger partial charge on any atom is -0.318 e. The first-order valence-corrected chi connectivity index (χ1v) is 8.03. The molecule has 1 heterocycles. The number of fused-ring (bicyclic) bond motifs is 1. The van der Waals surface area contributed by atoms with Crippen LogP contribution in [-0.4, -0.2) is 9.55 Å². The molecular weight excluding hydrogens is 276 g/mol. The highest BCUT2D eigenvalue weighted by Crippen LogP contribution is 2.32. The minimum absolute atomic E-state index is 0.218. The minimum atomic E-state index is 0.218. The van der Waals surface area contributed by atoms with E-state index in [1.54, 1.807) is 11.8 Å². The average Bonchev–Trinajstić information content (AvgIpc) is 2.76. The summed E-state index contributed by atoms with van der Waals surface area (Å²) in [5, 5.41) is 1.07. The summed E-state index contributed by atoms with van der Waals surface area (Å²) >= 11 is 1.73. The Morgan fingerprint density at radius 3 is 2.33 bits per heavy atom. The van der Waals surface area contributed by atoms with Crippen LogP contribution < -0.4 is 0 Å². The van der Waals surface area contributed by atoms with E-state index in [2.05, 4.69) is 67.8 Å². The molecule has 0 saturated carbocycles. The van der Waals surface area contributed by atoms with Crippen LogP contribution in [0.5, 0.6) is 0 Å². The molecule has 3 rings (SSSR count). The maximum Gasteiger partial charge on any atom is 0.173 e. The van der Waals surface area contributed by atoms with Crippen LogP contribution in [0.3, 0.4) is 0 Å². The smallest absolute Gasteiger partial charge is 0.173 e. The first kappa shape index (κ1) is 14.2. The van der Waals surface area contributed by atoms with E-state index in [0.717, 1.165) is 17.2 Å². The number of benzene rings is 2. The Morgan fingerprint density at radius 2 is 1.62 bits per heavy atom. The molecule has 21 heavy (non-hydrogen) atoms. The van der Waals surface area contributed by atoms with Crippen molar-refractivity contribution < 1.29 is 0 Å². The third kappa shape index (κ3) is 3.30. The molecule has 2 aromatic carbocycles. The summed E-state index contributed by atoms with van der Waals surface area (Å²) in [6, 6.07) is 18.8. The summed E-state index contributed by atoms with van der Waals surface area (Å²) in [4.78, 5) is 6.04. The van der Waals surface area contributed by atoms with E-state index in [4.69, 9.17) is 4.98 Å². The molecule has 0 radical (unpaired) electrons. The van der Waals surface area contributed by atoms with E-state index in [-0.39, 0.29) is 5.41 Å². The monoisotopic (exact) mass is 296 g/mol. The van der Waals surface area contributed by atoms with E-state index >= 15 is 0 Å². The largest absolute Gasteiger partial charge is 0.318 e. The number of para-hydroxylation sites is 2. The van der Waals surface area contributed by atoms with Crippen molar-refractivity contribution in [2.75, 3.05) is 0 Å². The summed E-state index contributed by atoms with van der Waals surface area (Å²) in [6.07, 6.45) is 0. The molecule has 3 heteroatoms. The standard InChI is InChI=1S/C18H20N2S/c1-18(2,3)13-20-16-12-8-7-11-15(16)19-17(20)21-14-9-5-4-6-10-14/h4-12H,13H2,1-3H3. The Balaban J connectivity index is 2.06. The molecule has 2 nitrogen and oxygen atoms in total. The van der Waals surface area contributed by atoms with Gasteiger partial charge in [-0.1, -0.05) is 62.9 Å². The van der Waals surface area contributed by atoms with Crippen LogP contribution in [0.2, 0.25) is 0 Å². The van der Waals surface area contributed by atoms with E-state index < -0.39 is 0 Å². The van der Waals surface area contributed by atoms with E-state index in [9.17, 15) is 0 Å². The van der Waals surface area contributed by atoms with Crippen LogP contribution in [-0.2, 0) is 6.54 Å². The second-order valence-electron chi connectivity index (χ2n) is 6.45. The van der Waals surface area contributed by atoms with Crippen LogP contribution in [0.25, 0.3) is 11.0 Å². The van der Waals surface area contributed by atoms with Crippen LogP contribution in [0, 0.1) is 5.41 Å². The van der Waals surface area contributed by atoms with E-state index in [1.165, 1.54) is 10.4 Å². The molecular formula is C18H20N2S. The third-order valence-corrected chi connectivity index (χ3v) is 4.21. The molecule has 0 fully saturated rings. The molecule has 0 aliphatic rings. The van der Waals surface area contributed by atoms with Crippen LogP contribution >= 0.6 is 11.8 Å². The molecule has 0 bridgehead atoms. The van der Waals surface area contributed by atoms with Gasteiger partial charge in [0.2, 0.25) is 0 Å². The number of nitrogens with zero attached hydrogens (tertiary/aromatic N) is 2. The summed E-state index contributed by atoms with van der Waals surface area (Å²) in [5.41, 5.74) is 2.50. The van der Waals surface area contributed by atoms with Gasteiger partial charge in [-0.25, -0.2) is 4.98 Å². The Kier molecular flexibility index (Phi) is 3.77. The van der Waals surface area contributed by atoms with Crippen molar-refractivity contribution in [2.45, 2.75) is 37.4 Å². The molecule has 0 N–H and O–H groups in total. The Labute approximate surface area is 130 Å². The molecule has 0 unspecified atom stereocenters. The molecule has 0 amide bonds. The van der Waals surface area contributed by atoms with Gasteiger partial charge in [-0.15, -0.1) is 0 Å². The zero-order valence-corrected chi connectivity index (χ0v) is 13.5. The van der Waals surface area contributed by atoms with Gasteiger partial charge in [0.25, 0.3) is 0 Å². The lowest BCUT2D eigenvalue weighted by Gasteiger charge is -2.21. The Hall–Kier alpha value is -1.74. The molecule has 3 aromatic rings. The Bertz CT molecular complexity index is 739. The number of hydrogen-bond donors (Lipinski definition) is 0. The number of imidazole rings is 1. The normalized spacial score (nSPS) is 12.0. The summed E-state index contributed by atoms with van der Waals surface area (Å²) in [5.74, 6) is 0. The maximum absolute atomic E-state index is 4.82. The van der Waals surface area contributed by atoms with Crippen molar-refractivity contribution in [3.8, 4) is 0 Å². The van der Waals surface area contributed by atoms with E-state index in [0.29, 0.717) is 0 Å². The van der Waals surface area contributed by atoms with Crippen LogP contribution in [0.4, 0.5) is 0 Å². The zero-order valence-electron chi connectivity index (χ0n) is 12.7. The lowest BCUT2D eigenvalue weighted by atomic mass is 9.97. The first-order valence-electron chi connectivity index (χ1n) is 7.21. The van der Waals surface area contributed by atoms with Gasteiger partial charge in [0.15, 0.2) is 5.16 Å². The van der Waals surface area contributed by atoms with Crippen molar-refractivity contribution in [1.29, 1.82) is 0 Å². The molecule has 0 aliphatic heterocycles. The first-order chi connectivity index (χ1) is 10.0. The fraction of sp³-hybridized carbons (Fsp3) is 0.278. The van der Waals surface area contributed by atoms with Crippen molar-refractivity contribution >= 4 is 22.8 Å².